The number of carbonyl (C=O) groups excluding carboxylic acids is 3. The van der Waals surface area contributed by atoms with E-state index in [4.69, 9.17) is 4.74 Å². The van der Waals surface area contributed by atoms with E-state index in [1.807, 2.05) is 92.8 Å². The van der Waals surface area contributed by atoms with Crippen LogP contribution in [-0.2, 0) is 44.2 Å². The molecule has 3 aromatic rings. The van der Waals surface area contributed by atoms with E-state index < -0.39 is 31.5 Å². The zero-order valence-electron chi connectivity index (χ0n) is 27.3. The lowest BCUT2D eigenvalue weighted by atomic mass is 9.82. The number of amides is 3. The number of hydrogen-bond acceptors (Lipinski definition) is 6. The molecule has 7 rings (SSSR count). The van der Waals surface area contributed by atoms with Gasteiger partial charge in [-0.2, -0.15) is 0 Å². The Hall–Kier alpha value is -3.83. The summed E-state index contributed by atoms with van der Waals surface area (Å²) in [6, 6.07) is 23.1. The number of aliphatic hydroxyl groups is 1. The van der Waals surface area contributed by atoms with Crippen molar-refractivity contribution in [3.63, 3.8) is 0 Å². The molecule has 0 aliphatic carbocycles. The van der Waals surface area contributed by atoms with Gasteiger partial charge in [-0.05, 0) is 60.8 Å². The maximum atomic E-state index is 14.9. The van der Waals surface area contributed by atoms with Crippen molar-refractivity contribution in [3.05, 3.63) is 95.1 Å². The summed E-state index contributed by atoms with van der Waals surface area (Å²) in [6.45, 7) is 6.85. The Balaban J connectivity index is 1.28. The average molecular weight is 654 g/mol. The Morgan fingerprint density at radius 2 is 1.74 bits per heavy atom. The van der Waals surface area contributed by atoms with Gasteiger partial charge in [0.15, 0.2) is 13.9 Å². The van der Waals surface area contributed by atoms with Crippen LogP contribution in [0, 0.1) is 5.92 Å². The van der Waals surface area contributed by atoms with E-state index in [-0.39, 0.29) is 36.8 Å². The minimum Gasteiger partial charge on any atom is -0.432 e. The first kappa shape index (κ1) is 31.8. The van der Waals surface area contributed by atoms with Gasteiger partial charge in [0, 0.05) is 42.2 Å². The van der Waals surface area contributed by atoms with Gasteiger partial charge in [-0.15, -0.1) is 0 Å². The summed E-state index contributed by atoms with van der Waals surface area (Å²) >= 11 is 0. The standard InChI is InChI=1S/C37H43N3O6Si/c1-24-35(47(2,3)45)32(20-34(43)39-22-27-13-8-7-12-26(27)18-29(39)23-41)46-37(24)30-19-28(38-17-9-14-33(38)42)15-16-31(30)40(36(37)44)21-25-10-5-4-6-11-25/h4-8,10-13,15-16,19,24,29,32,35,41,45H,9,14,17-18,20-23H2,1-3H3/t24-,29-,32+,35-,37+/m0/s1. The molecule has 0 unspecified atom stereocenters. The molecule has 2 N–H and O–H groups in total. The van der Waals surface area contributed by atoms with Crippen LogP contribution in [0.25, 0.3) is 0 Å². The van der Waals surface area contributed by atoms with Crippen molar-refractivity contribution < 1.29 is 29.0 Å². The van der Waals surface area contributed by atoms with Gasteiger partial charge in [0.2, 0.25) is 11.8 Å². The molecule has 246 valence electrons. The molecule has 0 aromatic heterocycles. The Labute approximate surface area is 276 Å². The Morgan fingerprint density at radius 1 is 1.02 bits per heavy atom. The summed E-state index contributed by atoms with van der Waals surface area (Å²) in [5, 5.41) is 10.3. The number of rotatable bonds is 7. The third-order valence-electron chi connectivity index (χ3n) is 10.8. The zero-order chi connectivity index (χ0) is 33.1. The topological polar surface area (TPSA) is 111 Å². The molecule has 3 amide bonds. The van der Waals surface area contributed by atoms with E-state index in [9.17, 15) is 24.3 Å². The summed E-state index contributed by atoms with van der Waals surface area (Å²) in [6.07, 6.45) is 1.09. The molecule has 10 heteroatoms. The molecule has 1 spiro atoms. The maximum absolute atomic E-state index is 14.9. The molecular formula is C37H43N3O6Si. The number of nitrogens with zero attached hydrogens (tertiary/aromatic N) is 3. The van der Waals surface area contributed by atoms with E-state index in [2.05, 4.69) is 0 Å². The maximum Gasteiger partial charge on any atom is 0.264 e. The van der Waals surface area contributed by atoms with Crippen LogP contribution < -0.4 is 9.80 Å². The second kappa shape index (κ2) is 12.0. The monoisotopic (exact) mass is 653 g/mol. The van der Waals surface area contributed by atoms with Crippen LogP contribution in [0.15, 0.2) is 72.8 Å². The van der Waals surface area contributed by atoms with E-state index in [1.54, 1.807) is 14.7 Å². The molecule has 0 radical (unpaired) electrons. The predicted molar refractivity (Wildman–Crippen MR) is 181 cm³/mol. The molecule has 0 saturated carbocycles. The Morgan fingerprint density at radius 3 is 2.43 bits per heavy atom. The number of hydrogen-bond donors (Lipinski definition) is 2. The lowest BCUT2D eigenvalue weighted by Gasteiger charge is -2.37. The van der Waals surface area contributed by atoms with Crippen LogP contribution in [-0.4, -0.2) is 66.1 Å². The Bertz CT molecular complexity index is 1710. The number of fused-ring (bicyclic) bond motifs is 3. The van der Waals surface area contributed by atoms with Crippen LogP contribution >= 0.6 is 0 Å². The summed E-state index contributed by atoms with van der Waals surface area (Å²) in [5.41, 5.74) is 3.41. The quantitative estimate of drug-likeness (QED) is 0.364. The third-order valence-corrected chi connectivity index (χ3v) is 13.3. The summed E-state index contributed by atoms with van der Waals surface area (Å²) < 4.78 is 6.98. The minimum absolute atomic E-state index is 0.0159. The Kier molecular flexibility index (Phi) is 8.11. The average Bonchev–Trinajstić information content (AvgIpc) is 3.69. The first-order valence-electron chi connectivity index (χ1n) is 16.7. The van der Waals surface area contributed by atoms with E-state index in [0.717, 1.165) is 34.5 Å². The van der Waals surface area contributed by atoms with Crippen molar-refractivity contribution in [1.82, 2.24) is 4.90 Å². The fourth-order valence-corrected chi connectivity index (χ4v) is 11.2. The van der Waals surface area contributed by atoms with Gasteiger partial charge < -0.3 is 29.3 Å². The molecule has 2 fully saturated rings. The summed E-state index contributed by atoms with van der Waals surface area (Å²) in [4.78, 5) is 58.8. The van der Waals surface area contributed by atoms with Crippen molar-refractivity contribution >= 4 is 37.4 Å². The lowest BCUT2D eigenvalue weighted by molar-refractivity contribution is -0.151. The fraction of sp³-hybridized carbons (Fsp3) is 0.432. The van der Waals surface area contributed by atoms with E-state index in [0.29, 0.717) is 38.0 Å². The van der Waals surface area contributed by atoms with Crippen molar-refractivity contribution in [3.8, 4) is 0 Å². The highest BCUT2D eigenvalue weighted by Crippen LogP contribution is 2.60. The van der Waals surface area contributed by atoms with Gasteiger partial charge in [-0.1, -0.05) is 61.5 Å². The van der Waals surface area contributed by atoms with Crippen molar-refractivity contribution in [2.45, 2.75) is 82.1 Å². The van der Waals surface area contributed by atoms with Crippen LogP contribution in [0.1, 0.15) is 48.4 Å². The fourth-order valence-electron chi connectivity index (χ4n) is 8.61. The van der Waals surface area contributed by atoms with E-state index in [1.165, 1.54) is 0 Å². The van der Waals surface area contributed by atoms with Crippen LogP contribution in [0.5, 0.6) is 0 Å². The molecule has 9 nitrogen and oxygen atoms in total. The highest BCUT2D eigenvalue weighted by atomic mass is 28.4. The molecule has 4 aliphatic rings. The molecule has 4 heterocycles. The molecular weight excluding hydrogens is 611 g/mol. The highest BCUT2D eigenvalue weighted by Gasteiger charge is 2.66. The van der Waals surface area contributed by atoms with Crippen LogP contribution in [0.2, 0.25) is 18.6 Å². The number of benzene rings is 3. The molecule has 5 atom stereocenters. The second-order valence-corrected chi connectivity index (χ2v) is 18.1. The van der Waals surface area contributed by atoms with Crippen molar-refractivity contribution in [2.24, 2.45) is 5.92 Å². The van der Waals surface area contributed by atoms with E-state index >= 15 is 0 Å². The van der Waals surface area contributed by atoms with Gasteiger partial charge in [0.25, 0.3) is 5.91 Å². The van der Waals surface area contributed by atoms with Gasteiger partial charge in [-0.25, -0.2) is 0 Å². The van der Waals surface area contributed by atoms with Gasteiger partial charge in [0.05, 0.1) is 37.4 Å². The first-order valence-corrected chi connectivity index (χ1v) is 19.7. The van der Waals surface area contributed by atoms with Crippen LogP contribution in [0.4, 0.5) is 11.4 Å². The number of anilines is 2. The second-order valence-electron chi connectivity index (χ2n) is 14.1. The van der Waals surface area contributed by atoms with Gasteiger partial charge >= 0.3 is 0 Å². The molecule has 2 saturated heterocycles. The molecule has 4 aliphatic heterocycles. The van der Waals surface area contributed by atoms with Crippen LogP contribution in [0.3, 0.4) is 0 Å². The first-order chi connectivity index (χ1) is 22.5. The SMILES string of the molecule is C[C@H]1[C@H]([Si](C)(C)O)[C@@H](CC(=O)N2Cc3ccccc3C[C@H]2CO)O[C@]12C(=O)N(Cc1ccccc1)c1ccc(N3CCCC3=O)cc12. The largest absolute Gasteiger partial charge is 0.432 e. The summed E-state index contributed by atoms with van der Waals surface area (Å²) in [7, 11) is -3.02. The zero-order valence-corrected chi connectivity index (χ0v) is 28.3. The highest BCUT2D eigenvalue weighted by molar-refractivity contribution is 6.71. The molecule has 47 heavy (non-hydrogen) atoms. The normalized spacial score (nSPS) is 27.1. The predicted octanol–water partition coefficient (Wildman–Crippen LogP) is 4.49. The number of ether oxygens (including phenoxy) is 1. The van der Waals surface area contributed by atoms with Crippen molar-refractivity contribution in [2.75, 3.05) is 23.0 Å². The van der Waals surface area contributed by atoms with Crippen molar-refractivity contribution in [1.29, 1.82) is 0 Å². The van der Waals surface area contributed by atoms with Gasteiger partial charge in [-0.3, -0.25) is 14.4 Å². The molecule has 3 aromatic carbocycles. The lowest BCUT2D eigenvalue weighted by Crippen LogP contribution is -2.48. The third kappa shape index (κ3) is 5.31. The smallest absolute Gasteiger partial charge is 0.264 e. The number of aliphatic hydroxyl groups excluding tert-OH is 1. The summed E-state index contributed by atoms with van der Waals surface area (Å²) in [5.74, 6) is -0.776. The molecule has 0 bridgehead atoms. The minimum atomic E-state index is -3.02. The number of carbonyl (C=O) groups is 3. The van der Waals surface area contributed by atoms with Gasteiger partial charge in [0.1, 0.15) is 0 Å².